The van der Waals surface area contributed by atoms with Gasteiger partial charge in [0.05, 0.1) is 0 Å². The zero-order valence-electron chi connectivity index (χ0n) is 19.7. The van der Waals surface area contributed by atoms with Crippen molar-refractivity contribution in [2.45, 2.75) is 50.7 Å². The summed E-state index contributed by atoms with van der Waals surface area (Å²) >= 11 is 0. The first-order valence-corrected chi connectivity index (χ1v) is 12.6. The molecule has 3 fully saturated rings. The monoisotopic (exact) mass is 470 g/mol. The normalized spacial score (nSPS) is 20.0. The second kappa shape index (κ2) is 8.87. The summed E-state index contributed by atoms with van der Waals surface area (Å²) < 4.78 is 0. The highest BCUT2D eigenvalue weighted by molar-refractivity contribution is 6.06. The van der Waals surface area contributed by atoms with Crippen LogP contribution in [0.25, 0.3) is 10.9 Å². The maximum absolute atomic E-state index is 13.6. The van der Waals surface area contributed by atoms with Gasteiger partial charge in [0.15, 0.2) is 0 Å². The molecule has 35 heavy (non-hydrogen) atoms. The lowest BCUT2D eigenvalue weighted by Crippen LogP contribution is -2.48. The second-order valence-corrected chi connectivity index (χ2v) is 10.2. The van der Waals surface area contributed by atoms with Crippen molar-refractivity contribution in [2.24, 2.45) is 11.8 Å². The van der Waals surface area contributed by atoms with Crippen LogP contribution in [0.1, 0.15) is 36.8 Å². The van der Waals surface area contributed by atoms with Crippen molar-refractivity contribution >= 4 is 28.7 Å². The largest absolute Gasteiger partial charge is 0.361 e. The van der Waals surface area contributed by atoms with Crippen LogP contribution in [0.4, 0.5) is 4.79 Å². The van der Waals surface area contributed by atoms with Crippen LogP contribution in [-0.2, 0) is 22.6 Å². The number of aromatic nitrogens is 1. The number of benzene rings is 2. The van der Waals surface area contributed by atoms with Crippen LogP contribution in [0, 0.1) is 11.8 Å². The van der Waals surface area contributed by atoms with Gasteiger partial charge in [-0.1, -0.05) is 48.5 Å². The number of hydrogen-bond donors (Lipinski definition) is 2. The Morgan fingerprint density at radius 2 is 1.66 bits per heavy atom. The van der Waals surface area contributed by atoms with Crippen LogP contribution in [0.2, 0.25) is 0 Å². The number of carbonyl (C=O) groups is 3. The minimum Gasteiger partial charge on any atom is -0.361 e. The number of urea groups is 1. The quantitative estimate of drug-likeness (QED) is 0.466. The molecular weight excluding hydrogens is 440 g/mol. The molecule has 2 heterocycles. The van der Waals surface area contributed by atoms with Crippen molar-refractivity contribution in [3.8, 4) is 0 Å². The van der Waals surface area contributed by atoms with Gasteiger partial charge in [0, 0.05) is 36.1 Å². The van der Waals surface area contributed by atoms with Crippen molar-refractivity contribution in [2.75, 3.05) is 6.54 Å². The lowest BCUT2D eigenvalue weighted by atomic mass is 10.0. The molecule has 3 aromatic rings. The van der Waals surface area contributed by atoms with Gasteiger partial charge >= 0.3 is 6.03 Å². The number of fused-ring (bicyclic) bond motifs is 1. The summed E-state index contributed by atoms with van der Waals surface area (Å²) in [6.07, 6.45) is 6.87. The fraction of sp³-hybridized carbons (Fsp3) is 0.393. The van der Waals surface area contributed by atoms with Gasteiger partial charge in [-0.25, -0.2) is 4.79 Å². The Hall–Kier alpha value is -3.61. The third kappa shape index (κ3) is 4.43. The van der Waals surface area contributed by atoms with Crippen LogP contribution in [0.3, 0.4) is 0 Å². The van der Waals surface area contributed by atoms with E-state index in [4.69, 9.17) is 0 Å². The lowest BCUT2D eigenvalue weighted by molar-refractivity contribution is -0.140. The maximum Gasteiger partial charge on any atom is 0.325 e. The van der Waals surface area contributed by atoms with E-state index in [0.717, 1.165) is 52.6 Å². The number of nitrogens with one attached hydrogen (secondary N) is 2. The number of rotatable bonds is 9. The molecular formula is C28H30N4O3. The van der Waals surface area contributed by atoms with Gasteiger partial charge < -0.3 is 15.2 Å². The zero-order valence-corrected chi connectivity index (χ0v) is 19.7. The Labute approximate surface area is 204 Å². The van der Waals surface area contributed by atoms with Gasteiger partial charge in [-0.3, -0.25) is 14.5 Å². The van der Waals surface area contributed by atoms with Crippen molar-refractivity contribution in [1.29, 1.82) is 0 Å². The molecule has 0 bridgehead atoms. The van der Waals surface area contributed by atoms with Crippen LogP contribution in [0.5, 0.6) is 0 Å². The van der Waals surface area contributed by atoms with E-state index in [1.165, 1.54) is 0 Å². The Morgan fingerprint density at radius 1 is 0.971 bits per heavy atom. The fourth-order valence-electron chi connectivity index (χ4n) is 5.52. The summed E-state index contributed by atoms with van der Waals surface area (Å²) in [5.74, 6) is 0.595. The third-order valence-corrected chi connectivity index (χ3v) is 7.59. The number of imide groups is 1. The van der Waals surface area contributed by atoms with Gasteiger partial charge in [-0.2, -0.15) is 0 Å². The lowest BCUT2D eigenvalue weighted by Gasteiger charge is -2.33. The molecule has 3 aliphatic rings. The highest BCUT2D eigenvalue weighted by Gasteiger charge is 2.47. The molecule has 180 valence electrons. The number of amides is 4. The number of nitrogens with zero attached hydrogens (tertiary/aromatic N) is 2. The van der Waals surface area contributed by atoms with E-state index in [-0.39, 0.29) is 24.4 Å². The van der Waals surface area contributed by atoms with Crippen molar-refractivity contribution in [1.82, 2.24) is 20.1 Å². The first-order chi connectivity index (χ1) is 17.1. The van der Waals surface area contributed by atoms with Gasteiger partial charge in [0.2, 0.25) is 5.91 Å². The second-order valence-electron chi connectivity index (χ2n) is 10.2. The van der Waals surface area contributed by atoms with Crippen LogP contribution in [-0.4, -0.2) is 51.3 Å². The van der Waals surface area contributed by atoms with Gasteiger partial charge in [0.25, 0.3) is 5.91 Å². The third-order valence-electron chi connectivity index (χ3n) is 7.59. The van der Waals surface area contributed by atoms with Gasteiger partial charge in [-0.15, -0.1) is 0 Å². The van der Waals surface area contributed by atoms with Crippen LogP contribution < -0.4 is 5.32 Å². The zero-order chi connectivity index (χ0) is 23.9. The number of para-hydroxylation sites is 1. The SMILES string of the molecule is O=C1NC(Cc2c[nH]c3ccccc23)C(=O)N1CC(=O)N(Cc1ccccc1)C(C1CC1)C1CC1. The first-order valence-electron chi connectivity index (χ1n) is 12.6. The average Bonchev–Trinajstić information content (AvgIpc) is 3.81. The molecule has 1 unspecified atom stereocenters. The average molecular weight is 471 g/mol. The minimum atomic E-state index is -0.667. The number of H-pyrrole nitrogens is 1. The van der Waals surface area contributed by atoms with E-state index >= 15 is 0 Å². The van der Waals surface area contributed by atoms with E-state index < -0.39 is 12.1 Å². The predicted octanol–water partition coefficient (Wildman–Crippen LogP) is 3.85. The molecule has 4 amide bonds. The summed E-state index contributed by atoms with van der Waals surface area (Å²) in [6.45, 7) is 0.303. The van der Waals surface area contributed by atoms with E-state index in [1.54, 1.807) is 0 Å². The molecule has 7 nitrogen and oxygen atoms in total. The molecule has 7 heteroatoms. The highest BCUT2D eigenvalue weighted by Crippen LogP contribution is 2.47. The summed E-state index contributed by atoms with van der Waals surface area (Å²) in [7, 11) is 0. The van der Waals surface area contributed by atoms with Crippen LogP contribution in [0.15, 0.2) is 60.8 Å². The number of aromatic amines is 1. The van der Waals surface area contributed by atoms with E-state index in [0.29, 0.717) is 24.8 Å². The summed E-state index contributed by atoms with van der Waals surface area (Å²) in [5, 5.41) is 3.84. The summed E-state index contributed by atoms with van der Waals surface area (Å²) in [5.41, 5.74) is 3.04. The Balaban J connectivity index is 1.19. The number of hydrogen-bond acceptors (Lipinski definition) is 3. The molecule has 1 atom stereocenters. The molecule has 0 spiro atoms. The molecule has 1 saturated heterocycles. The van der Waals surface area contributed by atoms with E-state index in [9.17, 15) is 14.4 Å². The van der Waals surface area contributed by atoms with E-state index in [2.05, 4.69) is 10.3 Å². The first kappa shape index (κ1) is 21.9. The minimum absolute atomic E-state index is 0.145. The molecule has 2 saturated carbocycles. The Bertz CT molecular complexity index is 1250. The standard InChI is InChI=1S/C28H30N4O3/c33-25(31(16-18-6-2-1-3-7-18)26(19-10-11-19)20-12-13-20)17-32-27(34)24(30-28(32)35)14-21-15-29-23-9-5-4-8-22(21)23/h1-9,15,19-20,24,26,29H,10-14,16-17H2,(H,30,35). The molecule has 2 N–H and O–H groups in total. The van der Waals surface area contributed by atoms with Crippen molar-refractivity contribution < 1.29 is 14.4 Å². The van der Waals surface area contributed by atoms with Crippen LogP contribution >= 0.6 is 0 Å². The summed E-state index contributed by atoms with van der Waals surface area (Å²) in [6, 6.07) is 16.9. The molecule has 1 aromatic heterocycles. The predicted molar refractivity (Wildman–Crippen MR) is 132 cm³/mol. The van der Waals surface area contributed by atoms with E-state index in [1.807, 2.05) is 65.7 Å². The number of carbonyl (C=O) groups excluding carboxylic acids is 3. The van der Waals surface area contributed by atoms with Gasteiger partial charge in [0.1, 0.15) is 12.6 Å². The molecule has 2 aromatic carbocycles. The molecule has 0 radical (unpaired) electrons. The van der Waals surface area contributed by atoms with Crippen molar-refractivity contribution in [3.63, 3.8) is 0 Å². The topological polar surface area (TPSA) is 85.5 Å². The summed E-state index contributed by atoms with van der Waals surface area (Å²) in [4.78, 5) is 45.9. The molecule has 2 aliphatic carbocycles. The Kier molecular flexibility index (Phi) is 5.55. The fourth-order valence-corrected chi connectivity index (χ4v) is 5.52. The van der Waals surface area contributed by atoms with Crippen molar-refractivity contribution in [3.05, 3.63) is 71.9 Å². The Morgan fingerprint density at radius 3 is 2.37 bits per heavy atom. The highest BCUT2D eigenvalue weighted by atomic mass is 16.2. The van der Waals surface area contributed by atoms with Gasteiger partial charge in [-0.05, 0) is 54.7 Å². The smallest absolute Gasteiger partial charge is 0.325 e. The maximum atomic E-state index is 13.6. The molecule has 6 rings (SSSR count). The molecule has 1 aliphatic heterocycles.